The van der Waals surface area contributed by atoms with Crippen molar-refractivity contribution in [2.75, 3.05) is 19.8 Å². The molecule has 0 spiro atoms. The number of rotatable bonds is 26. The molecule has 0 aliphatic heterocycles. The number of ether oxygens (including phenoxy) is 1. The SMILES string of the molecule is CCOCCNC(=O)CC[C@@H](NC(=O)CCCCCCCCCCCCCCCCC(=O)O)C(=O)O. The van der Waals surface area contributed by atoms with E-state index in [-0.39, 0.29) is 31.1 Å². The third-order valence-corrected chi connectivity index (χ3v) is 6.11. The molecule has 0 bridgehead atoms. The lowest BCUT2D eigenvalue weighted by molar-refractivity contribution is -0.142. The molecule has 0 saturated heterocycles. The van der Waals surface area contributed by atoms with Crippen LogP contribution in [0.15, 0.2) is 0 Å². The molecular weight excluding hydrogens is 464 g/mol. The lowest BCUT2D eigenvalue weighted by Crippen LogP contribution is -2.41. The van der Waals surface area contributed by atoms with Crippen LogP contribution < -0.4 is 10.6 Å². The molecule has 0 aliphatic carbocycles. The zero-order valence-electron chi connectivity index (χ0n) is 22.4. The fourth-order valence-corrected chi connectivity index (χ4v) is 3.98. The van der Waals surface area contributed by atoms with Crippen molar-refractivity contribution in [3.05, 3.63) is 0 Å². The van der Waals surface area contributed by atoms with Crippen LogP contribution in [0.1, 0.15) is 122 Å². The Morgan fingerprint density at radius 1 is 0.667 bits per heavy atom. The second-order valence-corrected chi connectivity index (χ2v) is 9.39. The molecule has 0 radical (unpaired) electrons. The molecule has 0 unspecified atom stereocenters. The molecule has 0 fully saturated rings. The van der Waals surface area contributed by atoms with E-state index in [4.69, 9.17) is 9.84 Å². The Labute approximate surface area is 217 Å². The van der Waals surface area contributed by atoms with Crippen LogP contribution in [-0.2, 0) is 23.9 Å². The van der Waals surface area contributed by atoms with E-state index in [9.17, 15) is 24.3 Å². The number of carbonyl (C=O) groups excluding carboxylic acids is 2. The van der Waals surface area contributed by atoms with Crippen LogP contribution >= 0.6 is 0 Å². The summed E-state index contributed by atoms with van der Waals surface area (Å²) in [7, 11) is 0. The minimum absolute atomic E-state index is 0.0397. The predicted octanol–water partition coefficient (Wildman–Crippen LogP) is 4.81. The van der Waals surface area contributed by atoms with Gasteiger partial charge in [0, 0.05) is 32.4 Å². The molecule has 36 heavy (non-hydrogen) atoms. The fraction of sp³-hybridized carbons (Fsp3) is 0.852. The second kappa shape index (κ2) is 24.5. The first kappa shape index (κ1) is 33.8. The first-order valence-electron chi connectivity index (χ1n) is 13.9. The summed E-state index contributed by atoms with van der Waals surface area (Å²) in [6.45, 7) is 3.24. The van der Waals surface area contributed by atoms with E-state index in [1.54, 1.807) is 0 Å². The molecule has 9 heteroatoms. The average molecular weight is 515 g/mol. The highest BCUT2D eigenvalue weighted by molar-refractivity contribution is 5.84. The van der Waals surface area contributed by atoms with Gasteiger partial charge >= 0.3 is 11.9 Å². The van der Waals surface area contributed by atoms with Crippen molar-refractivity contribution in [1.82, 2.24) is 10.6 Å². The highest BCUT2D eigenvalue weighted by Crippen LogP contribution is 2.14. The molecule has 0 aromatic rings. The molecule has 0 aromatic heterocycles. The first-order valence-corrected chi connectivity index (χ1v) is 13.9. The third kappa shape index (κ3) is 23.6. The van der Waals surface area contributed by atoms with Crippen molar-refractivity contribution >= 4 is 23.8 Å². The van der Waals surface area contributed by atoms with Gasteiger partial charge in [0.15, 0.2) is 0 Å². The third-order valence-electron chi connectivity index (χ3n) is 6.11. The Morgan fingerprint density at radius 3 is 1.58 bits per heavy atom. The predicted molar refractivity (Wildman–Crippen MR) is 140 cm³/mol. The second-order valence-electron chi connectivity index (χ2n) is 9.39. The van der Waals surface area contributed by atoms with Gasteiger partial charge in [0.2, 0.25) is 11.8 Å². The first-order chi connectivity index (χ1) is 17.4. The number of carboxylic acids is 2. The molecule has 0 heterocycles. The maximum atomic E-state index is 12.1. The monoisotopic (exact) mass is 514 g/mol. The van der Waals surface area contributed by atoms with E-state index in [1.165, 1.54) is 44.9 Å². The summed E-state index contributed by atoms with van der Waals surface area (Å²) in [5.74, 6) is -2.35. The lowest BCUT2D eigenvalue weighted by atomic mass is 10.0. The summed E-state index contributed by atoms with van der Waals surface area (Å²) < 4.78 is 5.13. The molecule has 1 atom stereocenters. The Balaban J connectivity index is 3.60. The number of unbranched alkanes of at least 4 members (excludes halogenated alkanes) is 13. The number of carbonyl (C=O) groups is 4. The maximum absolute atomic E-state index is 12.1. The zero-order chi connectivity index (χ0) is 26.9. The van der Waals surface area contributed by atoms with E-state index in [1.807, 2.05) is 6.92 Å². The Kier molecular flexibility index (Phi) is 23.1. The summed E-state index contributed by atoms with van der Waals surface area (Å²) >= 11 is 0. The molecule has 0 aliphatic rings. The largest absolute Gasteiger partial charge is 0.481 e. The minimum atomic E-state index is -1.12. The summed E-state index contributed by atoms with van der Waals surface area (Å²) in [4.78, 5) is 45.7. The highest BCUT2D eigenvalue weighted by atomic mass is 16.5. The quantitative estimate of drug-likeness (QED) is 0.121. The Bertz CT molecular complexity index is 599. The number of aliphatic carboxylic acids is 2. The van der Waals surface area contributed by atoms with Crippen LogP contribution in [-0.4, -0.2) is 59.8 Å². The van der Waals surface area contributed by atoms with Gasteiger partial charge in [0.25, 0.3) is 0 Å². The minimum Gasteiger partial charge on any atom is -0.481 e. The normalized spacial score (nSPS) is 11.7. The molecule has 0 aromatic carbocycles. The van der Waals surface area contributed by atoms with Gasteiger partial charge in [-0.1, -0.05) is 77.0 Å². The molecule has 210 valence electrons. The highest BCUT2D eigenvalue weighted by Gasteiger charge is 2.20. The molecular formula is C27H50N2O7. The van der Waals surface area contributed by atoms with E-state index >= 15 is 0 Å². The molecule has 0 saturated carbocycles. The molecule has 9 nitrogen and oxygen atoms in total. The van der Waals surface area contributed by atoms with Crippen LogP contribution in [0.3, 0.4) is 0 Å². The van der Waals surface area contributed by atoms with Crippen molar-refractivity contribution in [1.29, 1.82) is 0 Å². The van der Waals surface area contributed by atoms with Gasteiger partial charge < -0.3 is 25.6 Å². The van der Waals surface area contributed by atoms with Gasteiger partial charge in [-0.2, -0.15) is 0 Å². The number of hydrogen-bond acceptors (Lipinski definition) is 5. The van der Waals surface area contributed by atoms with Crippen molar-refractivity contribution in [2.45, 2.75) is 129 Å². The van der Waals surface area contributed by atoms with Crippen molar-refractivity contribution in [3.8, 4) is 0 Å². The molecule has 0 rings (SSSR count). The van der Waals surface area contributed by atoms with Gasteiger partial charge in [-0.15, -0.1) is 0 Å². The summed E-state index contributed by atoms with van der Waals surface area (Å²) in [6, 6.07) is -1.05. The van der Waals surface area contributed by atoms with Crippen LogP contribution in [0.25, 0.3) is 0 Å². The van der Waals surface area contributed by atoms with Gasteiger partial charge in [-0.3, -0.25) is 14.4 Å². The van der Waals surface area contributed by atoms with E-state index in [0.29, 0.717) is 26.2 Å². The number of hydrogen-bond donors (Lipinski definition) is 4. The standard InChI is InChI=1S/C27H50N2O7/c1-2-36-22-21-28-24(30)20-19-23(27(34)35)29-25(31)17-15-13-11-9-7-5-3-4-6-8-10-12-14-16-18-26(32)33/h23H,2-22H2,1H3,(H,28,30)(H,29,31)(H,32,33)(H,34,35)/t23-/m1/s1. The van der Waals surface area contributed by atoms with Crippen LogP contribution in [0.2, 0.25) is 0 Å². The van der Waals surface area contributed by atoms with Gasteiger partial charge in [-0.25, -0.2) is 4.79 Å². The number of nitrogens with one attached hydrogen (secondary N) is 2. The fourth-order valence-electron chi connectivity index (χ4n) is 3.98. The number of amides is 2. The zero-order valence-corrected chi connectivity index (χ0v) is 22.4. The van der Waals surface area contributed by atoms with Gasteiger partial charge in [-0.05, 0) is 26.2 Å². The summed E-state index contributed by atoms with van der Waals surface area (Å²) in [5, 5.41) is 23.1. The Hall–Kier alpha value is -2.16. The van der Waals surface area contributed by atoms with E-state index in [0.717, 1.165) is 44.9 Å². The van der Waals surface area contributed by atoms with Crippen molar-refractivity contribution in [2.24, 2.45) is 0 Å². The number of carboxylic acid groups (broad SMARTS) is 2. The van der Waals surface area contributed by atoms with Crippen LogP contribution in [0.5, 0.6) is 0 Å². The lowest BCUT2D eigenvalue weighted by Gasteiger charge is -2.14. The topological polar surface area (TPSA) is 142 Å². The maximum Gasteiger partial charge on any atom is 0.326 e. The van der Waals surface area contributed by atoms with Crippen molar-refractivity contribution in [3.63, 3.8) is 0 Å². The van der Waals surface area contributed by atoms with E-state index in [2.05, 4.69) is 10.6 Å². The van der Waals surface area contributed by atoms with Crippen LogP contribution in [0.4, 0.5) is 0 Å². The average Bonchev–Trinajstić information content (AvgIpc) is 2.83. The van der Waals surface area contributed by atoms with Gasteiger partial charge in [0.05, 0.1) is 6.61 Å². The van der Waals surface area contributed by atoms with E-state index < -0.39 is 18.0 Å². The Morgan fingerprint density at radius 2 is 1.14 bits per heavy atom. The molecule has 4 N–H and O–H groups in total. The molecule has 2 amide bonds. The van der Waals surface area contributed by atoms with Gasteiger partial charge in [0.1, 0.15) is 6.04 Å². The summed E-state index contributed by atoms with van der Waals surface area (Å²) in [6.07, 6.45) is 16.2. The van der Waals surface area contributed by atoms with Crippen molar-refractivity contribution < 1.29 is 34.1 Å². The van der Waals surface area contributed by atoms with Crippen LogP contribution in [0, 0.1) is 0 Å². The smallest absolute Gasteiger partial charge is 0.326 e. The summed E-state index contributed by atoms with van der Waals surface area (Å²) in [5.41, 5.74) is 0.